The van der Waals surface area contributed by atoms with Crippen LogP contribution in [-0.4, -0.2) is 47.6 Å². The Hall–Kier alpha value is -1.69. The summed E-state index contributed by atoms with van der Waals surface area (Å²) in [7, 11) is 0. The molecule has 1 aliphatic heterocycles. The Balaban J connectivity index is 1.82. The lowest BCUT2D eigenvalue weighted by Gasteiger charge is -2.35. The molecule has 4 rings (SSSR count). The third-order valence-corrected chi connectivity index (χ3v) is 6.16. The van der Waals surface area contributed by atoms with E-state index in [1.165, 1.54) is 21.4 Å². The summed E-state index contributed by atoms with van der Waals surface area (Å²) in [6, 6.07) is 8.07. The largest absolute Gasteiger partial charge is 0.353 e. The summed E-state index contributed by atoms with van der Waals surface area (Å²) in [6.07, 6.45) is 1.70. The zero-order valence-corrected chi connectivity index (χ0v) is 16.1. The Morgan fingerprint density at radius 2 is 1.80 bits per heavy atom. The number of anilines is 1. The van der Waals surface area contributed by atoms with Crippen LogP contribution in [0.15, 0.2) is 30.6 Å². The first-order chi connectivity index (χ1) is 12.2. The molecular formula is C19H21ClN4S. The minimum atomic E-state index is 0.757. The fraction of sp³-hybridized carbons (Fsp3) is 0.368. The van der Waals surface area contributed by atoms with Crippen LogP contribution in [0, 0.1) is 6.92 Å². The van der Waals surface area contributed by atoms with Crippen LogP contribution < -0.4 is 4.90 Å². The number of halogens is 1. The monoisotopic (exact) mass is 372 g/mol. The van der Waals surface area contributed by atoms with Gasteiger partial charge in [0.15, 0.2) is 0 Å². The van der Waals surface area contributed by atoms with Crippen molar-refractivity contribution in [2.45, 2.75) is 13.8 Å². The maximum Gasteiger partial charge on any atom is 0.141 e. The van der Waals surface area contributed by atoms with Crippen molar-refractivity contribution >= 4 is 39.0 Å². The van der Waals surface area contributed by atoms with E-state index >= 15 is 0 Å². The summed E-state index contributed by atoms with van der Waals surface area (Å²) in [5.41, 5.74) is 2.42. The number of likely N-dealkylation sites (N-methyl/N-ethyl adjacent to an activating group) is 1. The molecule has 1 fully saturated rings. The van der Waals surface area contributed by atoms with E-state index in [1.54, 1.807) is 17.7 Å². The van der Waals surface area contributed by atoms with Gasteiger partial charge in [0.05, 0.1) is 5.39 Å². The molecule has 0 N–H and O–H groups in total. The highest BCUT2D eigenvalue weighted by Crippen LogP contribution is 2.41. The minimum absolute atomic E-state index is 0.757. The zero-order valence-electron chi connectivity index (χ0n) is 14.5. The molecule has 0 radical (unpaired) electrons. The van der Waals surface area contributed by atoms with Gasteiger partial charge in [0.25, 0.3) is 0 Å². The third kappa shape index (κ3) is 3.12. The summed E-state index contributed by atoms with van der Waals surface area (Å²) in [6.45, 7) is 9.68. The highest BCUT2D eigenvalue weighted by atomic mass is 35.5. The van der Waals surface area contributed by atoms with Gasteiger partial charge in [-0.1, -0.05) is 30.7 Å². The third-order valence-electron chi connectivity index (χ3n) is 4.90. The van der Waals surface area contributed by atoms with Crippen molar-refractivity contribution in [3.63, 3.8) is 0 Å². The fourth-order valence-electron chi connectivity index (χ4n) is 3.51. The standard InChI is InChI=1S/C19H21ClN4S/c1-3-23-8-10-24(11-9-23)18-17-16(14-4-6-15(20)7-5-14)13(2)25-19(17)22-12-21-18/h4-7,12H,3,8-11H2,1-2H3. The molecule has 0 saturated carbocycles. The van der Waals surface area contributed by atoms with Crippen molar-refractivity contribution in [3.05, 3.63) is 40.5 Å². The second-order valence-electron chi connectivity index (χ2n) is 6.34. The van der Waals surface area contributed by atoms with E-state index < -0.39 is 0 Å². The molecular weight excluding hydrogens is 352 g/mol. The topological polar surface area (TPSA) is 32.3 Å². The van der Waals surface area contributed by atoms with Gasteiger partial charge in [-0.3, -0.25) is 0 Å². The highest BCUT2D eigenvalue weighted by Gasteiger charge is 2.23. The molecule has 130 valence electrons. The molecule has 0 unspecified atom stereocenters. The SMILES string of the molecule is CCN1CCN(c2ncnc3sc(C)c(-c4ccc(Cl)cc4)c23)CC1. The molecule has 1 aliphatic rings. The van der Waals surface area contributed by atoms with E-state index in [-0.39, 0.29) is 0 Å². The fourth-order valence-corrected chi connectivity index (χ4v) is 4.64. The molecule has 0 bridgehead atoms. The normalized spacial score (nSPS) is 15.9. The smallest absolute Gasteiger partial charge is 0.141 e. The predicted molar refractivity (Wildman–Crippen MR) is 107 cm³/mol. The first-order valence-corrected chi connectivity index (χ1v) is 9.84. The lowest BCUT2D eigenvalue weighted by Crippen LogP contribution is -2.46. The van der Waals surface area contributed by atoms with E-state index in [0.29, 0.717) is 0 Å². The lowest BCUT2D eigenvalue weighted by atomic mass is 10.0. The van der Waals surface area contributed by atoms with Crippen LogP contribution in [-0.2, 0) is 0 Å². The summed E-state index contributed by atoms with van der Waals surface area (Å²) in [5, 5.41) is 1.94. The molecule has 3 aromatic rings. The van der Waals surface area contributed by atoms with Crippen LogP contribution >= 0.6 is 22.9 Å². The number of aromatic nitrogens is 2. The number of thiophene rings is 1. The van der Waals surface area contributed by atoms with Crippen LogP contribution in [0.5, 0.6) is 0 Å². The van der Waals surface area contributed by atoms with E-state index in [4.69, 9.17) is 11.6 Å². The van der Waals surface area contributed by atoms with Crippen LogP contribution in [0.1, 0.15) is 11.8 Å². The summed E-state index contributed by atoms with van der Waals surface area (Å²) in [4.78, 5) is 16.4. The summed E-state index contributed by atoms with van der Waals surface area (Å²) in [5.74, 6) is 1.06. The quantitative estimate of drug-likeness (QED) is 0.679. The number of piperazine rings is 1. The number of hydrogen-bond acceptors (Lipinski definition) is 5. The average molecular weight is 373 g/mol. The van der Waals surface area contributed by atoms with Gasteiger partial charge in [-0.25, -0.2) is 9.97 Å². The highest BCUT2D eigenvalue weighted by molar-refractivity contribution is 7.19. The van der Waals surface area contributed by atoms with Crippen molar-refractivity contribution in [1.29, 1.82) is 0 Å². The van der Waals surface area contributed by atoms with E-state index in [0.717, 1.165) is 48.4 Å². The minimum Gasteiger partial charge on any atom is -0.353 e. The molecule has 4 nitrogen and oxygen atoms in total. The predicted octanol–water partition coefficient (Wildman–Crippen LogP) is 4.46. The molecule has 0 aliphatic carbocycles. The number of rotatable bonds is 3. The number of aryl methyl sites for hydroxylation is 1. The lowest BCUT2D eigenvalue weighted by molar-refractivity contribution is 0.271. The van der Waals surface area contributed by atoms with Gasteiger partial charge in [0.1, 0.15) is 17.0 Å². The first kappa shape index (κ1) is 16.8. The van der Waals surface area contributed by atoms with Crippen molar-refractivity contribution < 1.29 is 0 Å². The van der Waals surface area contributed by atoms with Gasteiger partial charge in [-0.2, -0.15) is 0 Å². The molecule has 2 aromatic heterocycles. The van der Waals surface area contributed by atoms with Crippen molar-refractivity contribution in [2.24, 2.45) is 0 Å². The maximum atomic E-state index is 6.08. The molecule has 0 atom stereocenters. The number of fused-ring (bicyclic) bond motifs is 1. The van der Waals surface area contributed by atoms with Crippen molar-refractivity contribution in [3.8, 4) is 11.1 Å². The second-order valence-corrected chi connectivity index (χ2v) is 7.98. The van der Waals surface area contributed by atoms with Crippen molar-refractivity contribution in [2.75, 3.05) is 37.6 Å². The molecule has 0 amide bonds. The van der Waals surface area contributed by atoms with Crippen LogP contribution in [0.25, 0.3) is 21.3 Å². The van der Waals surface area contributed by atoms with Gasteiger partial charge < -0.3 is 9.80 Å². The molecule has 1 saturated heterocycles. The molecule has 6 heteroatoms. The second kappa shape index (κ2) is 6.90. The van der Waals surface area contributed by atoms with Crippen LogP contribution in [0.2, 0.25) is 5.02 Å². The van der Waals surface area contributed by atoms with Gasteiger partial charge in [0, 0.05) is 41.6 Å². The first-order valence-electron chi connectivity index (χ1n) is 8.64. The Bertz CT molecular complexity index is 882. The summed E-state index contributed by atoms with van der Waals surface area (Å²) < 4.78 is 0. The van der Waals surface area contributed by atoms with E-state index in [9.17, 15) is 0 Å². The Morgan fingerprint density at radius 3 is 2.48 bits per heavy atom. The molecule has 0 spiro atoms. The van der Waals surface area contributed by atoms with Gasteiger partial charge in [-0.15, -0.1) is 11.3 Å². The Kier molecular flexibility index (Phi) is 4.63. The number of hydrogen-bond donors (Lipinski definition) is 0. The van der Waals surface area contributed by atoms with Gasteiger partial charge in [0.2, 0.25) is 0 Å². The number of benzene rings is 1. The van der Waals surface area contributed by atoms with E-state index in [1.807, 2.05) is 12.1 Å². The van der Waals surface area contributed by atoms with E-state index in [2.05, 4.69) is 45.7 Å². The molecule has 25 heavy (non-hydrogen) atoms. The molecule has 1 aromatic carbocycles. The Morgan fingerprint density at radius 1 is 1.08 bits per heavy atom. The van der Waals surface area contributed by atoms with Crippen LogP contribution in [0.3, 0.4) is 0 Å². The average Bonchev–Trinajstić information content (AvgIpc) is 2.98. The van der Waals surface area contributed by atoms with Gasteiger partial charge >= 0.3 is 0 Å². The summed E-state index contributed by atoms with van der Waals surface area (Å²) >= 11 is 7.82. The maximum absolute atomic E-state index is 6.08. The van der Waals surface area contributed by atoms with Crippen molar-refractivity contribution in [1.82, 2.24) is 14.9 Å². The number of nitrogens with zero attached hydrogens (tertiary/aromatic N) is 4. The van der Waals surface area contributed by atoms with Gasteiger partial charge in [-0.05, 0) is 31.2 Å². The van der Waals surface area contributed by atoms with Crippen LogP contribution in [0.4, 0.5) is 5.82 Å². The molecule has 3 heterocycles. The zero-order chi connectivity index (χ0) is 17.4. The Labute approximate surface area is 157 Å².